The first-order valence-electron chi connectivity index (χ1n) is 8.12. The molecule has 0 spiro atoms. The highest BCUT2D eigenvalue weighted by molar-refractivity contribution is 7.13. The van der Waals surface area contributed by atoms with Crippen molar-refractivity contribution in [3.63, 3.8) is 0 Å². The second-order valence-electron chi connectivity index (χ2n) is 5.91. The molecule has 1 aliphatic heterocycles. The number of rotatable bonds is 4. The SMILES string of the molecule is O=C(CN1CCN(c2ncnc3cc(Cl)ccc23)CC1)Nc1nncs1. The predicted octanol–water partition coefficient (Wildman–Crippen LogP) is 1.90. The van der Waals surface area contributed by atoms with Gasteiger partial charge in [0.25, 0.3) is 0 Å². The molecule has 0 unspecified atom stereocenters. The molecule has 134 valence electrons. The largest absolute Gasteiger partial charge is 0.353 e. The number of aromatic nitrogens is 4. The summed E-state index contributed by atoms with van der Waals surface area (Å²) in [5, 5.41) is 12.5. The Labute approximate surface area is 158 Å². The lowest BCUT2D eigenvalue weighted by molar-refractivity contribution is -0.117. The number of fused-ring (bicyclic) bond motifs is 1. The molecule has 1 fully saturated rings. The summed E-state index contributed by atoms with van der Waals surface area (Å²) in [6.45, 7) is 3.49. The Kier molecular flexibility index (Phi) is 4.91. The van der Waals surface area contributed by atoms with Gasteiger partial charge in [-0.25, -0.2) is 9.97 Å². The quantitative estimate of drug-likeness (QED) is 0.729. The van der Waals surface area contributed by atoms with Crippen molar-refractivity contribution < 1.29 is 4.79 Å². The molecule has 1 saturated heterocycles. The van der Waals surface area contributed by atoms with Crippen molar-refractivity contribution in [1.29, 1.82) is 0 Å². The fourth-order valence-corrected chi connectivity index (χ4v) is 3.60. The molecule has 3 heterocycles. The number of benzene rings is 1. The minimum absolute atomic E-state index is 0.0719. The average Bonchev–Trinajstić information content (AvgIpc) is 3.14. The number of nitrogens with one attached hydrogen (secondary N) is 1. The van der Waals surface area contributed by atoms with E-state index in [4.69, 9.17) is 11.6 Å². The van der Waals surface area contributed by atoms with Gasteiger partial charge in [0.15, 0.2) is 0 Å². The fraction of sp³-hybridized carbons (Fsp3) is 0.312. The van der Waals surface area contributed by atoms with Crippen LogP contribution in [0.5, 0.6) is 0 Å². The van der Waals surface area contributed by atoms with Gasteiger partial charge in [-0.05, 0) is 18.2 Å². The smallest absolute Gasteiger partial charge is 0.240 e. The molecule has 0 saturated carbocycles. The van der Waals surface area contributed by atoms with Crippen LogP contribution >= 0.6 is 22.9 Å². The van der Waals surface area contributed by atoms with Crippen molar-refractivity contribution in [2.24, 2.45) is 0 Å². The van der Waals surface area contributed by atoms with Crippen molar-refractivity contribution in [3.05, 3.63) is 35.1 Å². The number of anilines is 2. The summed E-state index contributed by atoms with van der Waals surface area (Å²) in [6.07, 6.45) is 1.57. The van der Waals surface area contributed by atoms with Crippen molar-refractivity contribution >= 4 is 50.7 Å². The van der Waals surface area contributed by atoms with Crippen LogP contribution in [-0.2, 0) is 4.79 Å². The van der Waals surface area contributed by atoms with Crippen LogP contribution in [0.2, 0.25) is 5.02 Å². The molecule has 3 aromatic rings. The first-order chi connectivity index (χ1) is 12.7. The number of halogens is 1. The standard InChI is InChI=1S/C16H16ClN7OS/c17-11-1-2-12-13(7-11)18-9-19-15(12)24-5-3-23(4-6-24)8-14(25)21-16-22-20-10-26-16/h1-2,7,9-10H,3-6,8H2,(H,21,22,25). The highest BCUT2D eigenvalue weighted by atomic mass is 35.5. The predicted molar refractivity (Wildman–Crippen MR) is 102 cm³/mol. The molecule has 0 radical (unpaired) electrons. The maximum atomic E-state index is 12.1. The van der Waals surface area contributed by atoms with Crippen LogP contribution in [0, 0.1) is 0 Å². The highest BCUT2D eigenvalue weighted by Gasteiger charge is 2.21. The Hall–Kier alpha value is -2.36. The third-order valence-electron chi connectivity index (χ3n) is 4.22. The maximum Gasteiger partial charge on any atom is 0.240 e. The van der Waals surface area contributed by atoms with Crippen LogP contribution in [0.1, 0.15) is 0 Å². The van der Waals surface area contributed by atoms with Crippen molar-refractivity contribution in [2.75, 3.05) is 42.9 Å². The first kappa shape index (κ1) is 17.1. The second kappa shape index (κ2) is 7.48. The van der Waals surface area contributed by atoms with E-state index in [1.54, 1.807) is 11.8 Å². The molecule has 0 aliphatic carbocycles. The number of amides is 1. The normalized spacial score (nSPS) is 15.3. The Morgan fingerprint density at radius 1 is 1.23 bits per heavy atom. The van der Waals surface area contributed by atoms with Gasteiger partial charge in [-0.2, -0.15) is 0 Å². The summed E-state index contributed by atoms with van der Waals surface area (Å²) in [7, 11) is 0. The van der Waals surface area contributed by atoms with Crippen molar-refractivity contribution in [3.8, 4) is 0 Å². The lowest BCUT2D eigenvalue weighted by Gasteiger charge is -2.35. The van der Waals surface area contributed by atoms with Gasteiger partial charge >= 0.3 is 0 Å². The van der Waals surface area contributed by atoms with E-state index in [0.29, 0.717) is 16.7 Å². The number of nitrogens with zero attached hydrogens (tertiary/aromatic N) is 6. The second-order valence-corrected chi connectivity index (χ2v) is 7.18. The lowest BCUT2D eigenvalue weighted by Crippen LogP contribution is -2.49. The van der Waals surface area contributed by atoms with E-state index in [-0.39, 0.29) is 5.91 Å². The zero-order valence-electron chi connectivity index (χ0n) is 13.8. The zero-order chi connectivity index (χ0) is 17.9. The molecular formula is C16H16ClN7OS. The summed E-state index contributed by atoms with van der Waals surface area (Å²) >= 11 is 7.36. The number of piperazine rings is 1. The van der Waals surface area contributed by atoms with Crippen LogP contribution in [0.4, 0.5) is 10.9 Å². The maximum absolute atomic E-state index is 12.1. The Morgan fingerprint density at radius 3 is 2.85 bits per heavy atom. The molecule has 1 amide bonds. The van der Waals surface area contributed by atoms with Gasteiger partial charge in [0.05, 0.1) is 12.1 Å². The van der Waals surface area contributed by atoms with Crippen LogP contribution in [0.3, 0.4) is 0 Å². The molecule has 0 atom stereocenters. The molecule has 0 bridgehead atoms. The summed E-state index contributed by atoms with van der Waals surface area (Å²) in [5.74, 6) is 0.835. The molecule has 2 aromatic heterocycles. The summed E-state index contributed by atoms with van der Waals surface area (Å²) in [6, 6.07) is 5.65. The van der Waals surface area contributed by atoms with E-state index in [0.717, 1.165) is 42.9 Å². The number of hydrogen-bond acceptors (Lipinski definition) is 8. The van der Waals surface area contributed by atoms with Crippen LogP contribution in [-0.4, -0.2) is 63.7 Å². The number of hydrogen-bond donors (Lipinski definition) is 1. The number of carbonyl (C=O) groups excluding carboxylic acids is 1. The summed E-state index contributed by atoms with van der Waals surface area (Å²) in [5.41, 5.74) is 2.43. The van der Waals surface area contributed by atoms with E-state index >= 15 is 0 Å². The molecule has 8 nitrogen and oxygen atoms in total. The van der Waals surface area contributed by atoms with E-state index in [1.807, 2.05) is 18.2 Å². The molecule has 4 rings (SSSR count). The van der Waals surface area contributed by atoms with Crippen molar-refractivity contribution in [1.82, 2.24) is 25.1 Å². The Morgan fingerprint density at radius 2 is 2.08 bits per heavy atom. The number of carbonyl (C=O) groups is 1. The minimum Gasteiger partial charge on any atom is -0.353 e. The third-order valence-corrected chi connectivity index (χ3v) is 5.06. The van der Waals surface area contributed by atoms with E-state index in [1.165, 1.54) is 11.3 Å². The lowest BCUT2D eigenvalue weighted by atomic mass is 10.2. The average molecular weight is 390 g/mol. The first-order valence-corrected chi connectivity index (χ1v) is 9.38. The van der Waals surface area contributed by atoms with Crippen LogP contribution < -0.4 is 10.2 Å². The summed E-state index contributed by atoms with van der Waals surface area (Å²) < 4.78 is 0. The minimum atomic E-state index is -0.0719. The van der Waals surface area contributed by atoms with E-state index in [9.17, 15) is 4.79 Å². The molecule has 1 N–H and O–H groups in total. The monoisotopic (exact) mass is 389 g/mol. The van der Waals surface area contributed by atoms with Crippen LogP contribution in [0.15, 0.2) is 30.0 Å². The molecular weight excluding hydrogens is 374 g/mol. The zero-order valence-corrected chi connectivity index (χ0v) is 15.4. The van der Waals surface area contributed by atoms with Gasteiger partial charge in [-0.1, -0.05) is 22.9 Å². The third kappa shape index (κ3) is 3.74. The van der Waals surface area contributed by atoms with Crippen LogP contribution in [0.25, 0.3) is 10.9 Å². The Bertz CT molecular complexity index is 912. The van der Waals surface area contributed by atoms with E-state index in [2.05, 4.69) is 35.3 Å². The van der Waals surface area contributed by atoms with Gasteiger partial charge in [-0.3, -0.25) is 15.0 Å². The highest BCUT2D eigenvalue weighted by Crippen LogP contribution is 2.26. The molecule has 10 heteroatoms. The molecule has 26 heavy (non-hydrogen) atoms. The van der Waals surface area contributed by atoms with Gasteiger partial charge < -0.3 is 4.90 Å². The van der Waals surface area contributed by atoms with Gasteiger partial charge in [-0.15, -0.1) is 10.2 Å². The Balaban J connectivity index is 1.38. The molecule has 1 aromatic carbocycles. The summed E-state index contributed by atoms with van der Waals surface area (Å²) in [4.78, 5) is 25.2. The van der Waals surface area contributed by atoms with Crippen molar-refractivity contribution in [2.45, 2.75) is 0 Å². The van der Waals surface area contributed by atoms with Gasteiger partial charge in [0, 0.05) is 36.6 Å². The van der Waals surface area contributed by atoms with Gasteiger partial charge in [0.1, 0.15) is 17.7 Å². The van der Waals surface area contributed by atoms with E-state index < -0.39 is 0 Å². The molecule has 1 aliphatic rings. The topological polar surface area (TPSA) is 87.1 Å². The fourth-order valence-electron chi connectivity index (χ4n) is 2.98. The van der Waals surface area contributed by atoms with Gasteiger partial charge in [0.2, 0.25) is 11.0 Å².